The summed E-state index contributed by atoms with van der Waals surface area (Å²) in [4.78, 5) is 14.4. The number of ether oxygens (including phenoxy) is 4. The monoisotopic (exact) mass is 357 g/mol. The summed E-state index contributed by atoms with van der Waals surface area (Å²) in [5.74, 6) is 2.06. The van der Waals surface area contributed by atoms with Crippen LogP contribution in [0.3, 0.4) is 0 Å². The topological polar surface area (TPSA) is 57.2 Å². The van der Waals surface area contributed by atoms with Crippen molar-refractivity contribution in [3.63, 3.8) is 0 Å². The van der Waals surface area contributed by atoms with E-state index >= 15 is 0 Å². The highest BCUT2D eigenvalue weighted by Gasteiger charge is 2.58. The predicted octanol–water partition coefficient (Wildman–Crippen LogP) is 2.37. The Labute approximate surface area is 152 Å². The van der Waals surface area contributed by atoms with Crippen LogP contribution >= 0.6 is 0 Å². The molecule has 0 saturated carbocycles. The van der Waals surface area contributed by atoms with Gasteiger partial charge in [-0.1, -0.05) is 0 Å². The molecule has 1 fully saturated rings. The van der Waals surface area contributed by atoms with Crippen LogP contribution in [0.4, 0.5) is 0 Å². The minimum atomic E-state index is -0.407. The fourth-order valence-corrected chi connectivity index (χ4v) is 5.27. The second kappa shape index (κ2) is 5.64. The van der Waals surface area contributed by atoms with Crippen molar-refractivity contribution in [2.75, 3.05) is 27.0 Å². The average molecular weight is 357 g/mol. The minimum Gasteiger partial charge on any atom is -0.497 e. The number of carbonyl (C=O) groups excluding carboxylic acids is 1. The van der Waals surface area contributed by atoms with Gasteiger partial charge in [0.1, 0.15) is 5.76 Å². The number of rotatable bonds is 2. The molecule has 1 aromatic carbocycles. The molecule has 0 unspecified atom stereocenters. The summed E-state index contributed by atoms with van der Waals surface area (Å²) in [6.45, 7) is 3.75. The maximum Gasteiger partial charge on any atom is 0.303 e. The quantitative estimate of drug-likeness (QED) is 0.758. The molecule has 3 heterocycles. The summed E-state index contributed by atoms with van der Waals surface area (Å²) in [5, 5.41) is 0. The van der Waals surface area contributed by atoms with Crippen LogP contribution < -0.4 is 9.47 Å². The Balaban J connectivity index is 1.69. The molecule has 6 nitrogen and oxygen atoms in total. The van der Waals surface area contributed by atoms with Gasteiger partial charge in [0.2, 0.25) is 6.79 Å². The van der Waals surface area contributed by atoms with Crippen LogP contribution in [-0.4, -0.2) is 49.5 Å². The Bertz CT molecular complexity index is 804. The molecule has 0 N–H and O–H groups in total. The maximum absolute atomic E-state index is 11.8. The molecule has 5 rings (SSSR count). The van der Waals surface area contributed by atoms with Crippen molar-refractivity contribution in [3.05, 3.63) is 35.1 Å². The van der Waals surface area contributed by atoms with Gasteiger partial charge in [0.05, 0.1) is 18.6 Å². The lowest BCUT2D eigenvalue weighted by molar-refractivity contribution is -0.147. The number of carbonyl (C=O) groups is 1. The Kier molecular flexibility index (Phi) is 3.47. The SMILES string of the molecule is COC1=C[C@]23CCCN2CCc2cc4c(cc2[C@@H]3[C@@H]1OC(C)=O)OCO4. The zero-order valence-electron chi connectivity index (χ0n) is 15.1. The third-order valence-corrected chi connectivity index (χ3v) is 6.26. The van der Waals surface area contributed by atoms with Gasteiger partial charge >= 0.3 is 5.97 Å². The van der Waals surface area contributed by atoms with Crippen LogP contribution in [0.2, 0.25) is 0 Å². The van der Waals surface area contributed by atoms with Crippen LogP contribution in [0.15, 0.2) is 24.0 Å². The molecule has 1 spiro atoms. The van der Waals surface area contributed by atoms with Gasteiger partial charge in [0.15, 0.2) is 17.6 Å². The molecule has 0 aromatic heterocycles. The van der Waals surface area contributed by atoms with Crippen LogP contribution in [0.5, 0.6) is 11.5 Å². The Morgan fingerprint density at radius 2 is 2.08 bits per heavy atom. The summed E-state index contributed by atoms with van der Waals surface area (Å²) in [6.07, 6.45) is 4.92. The van der Waals surface area contributed by atoms with Crippen molar-refractivity contribution in [1.29, 1.82) is 0 Å². The van der Waals surface area contributed by atoms with E-state index in [2.05, 4.69) is 23.1 Å². The third kappa shape index (κ3) is 2.11. The number of hydrogen-bond donors (Lipinski definition) is 0. The molecule has 1 aliphatic carbocycles. The maximum atomic E-state index is 11.8. The summed E-state index contributed by atoms with van der Waals surface area (Å²) in [6, 6.07) is 4.19. The minimum absolute atomic E-state index is 0.0100. The molecule has 0 radical (unpaired) electrons. The second-order valence-electron chi connectivity index (χ2n) is 7.49. The van der Waals surface area contributed by atoms with Gasteiger partial charge < -0.3 is 18.9 Å². The van der Waals surface area contributed by atoms with Gasteiger partial charge in [-0.25, -0.2) is 0 Å². The molecule has 26 heavy (non-hydrogen) atoms. The first-order chi connectivity index (χ1) is 12.6. The van der Waals surface area contributed by atoms with Crippen LogP contribution in [0, 0.1) is 0 Å². The lowest BCUT2D eigenvalue weighted by Crippen LogP contribution is -2.47. The molecular weight excluding hydrogens is 334 g/mol. The molecule has 0 bridgehead atoms. The van der Waals surface area contributed by atoms with Crippen molar-refractivity contribution in [2.24, 2.45) is 0 Å². The molecule has 4 aliphatic rings. The van der Waals surface area contributed by atoms with E-state index < -0.39 is 6.10 Å². The Morgan fingerprint density at radius 3 is 2.85 bits per heavy atom. The van der Waals surface area contributed by atoms with E-state index in [1.807, 2.05) is 0 Å². The first kappa shape index (κ1) is 16.0. The summed E-state index contributed by atoms with van der Waals surface area (Å²) in [5.41, 5.74) is 2.27. The standard InChI is InChI=1S/C20H23NO5/c1-12(22)26-19-17(23-2)10-20-5-3-6-21(20)7-4-13-8-15-16(25-11-24-15)9-14(13)18(19)20/h8-10,18-19H,3-7,11H2,1-2H3/t18-,19-,20+/m1/s1. The average Bonchev–Trinajstić information content (AvgIpc) is 3.28. The molecule has 0 amide bonds. The van der Waals surface area contributed by atoms with Crippen LogP contribution in [0.25, 0.3) is 0 Å². The van der Waals surface area contributed by atoms with Gasteiger partial charge in [-0.3, -0.25) is 9.69 Å². The fourth-order valence-electron chi connectivity index (χ4n) is 5.27. The number of fused-ring (bicyclic) bond motifs is 3. The van der Waals surface area contributed by atoms with E-state index in [0.29, 0.717) is 0 Å². The largest absolute Gasteiger partial charge is 0.497 e. The van der Waals surface area contributed by atoms with Crippen molar-refractivity contribution in [1.82, 2.24) is 4.90 Å². The molecule has 3 atom stereocenters. The van der Waals surface area contributed by atoms with E-state index in [1.54, 1.807) is 7.11 Å². The Morgan fingerprint density at radius 1 is 1.27 bits per heavy atom. The number of methoxy groups -OCH3 is 1. The highest BCUT2D eigenvalue weighted by Crippen LogP contribution is 2.55. The molecular formula is C20H23NO5. The second-order valence-corrected chi connectivity index (χ2v) is 7.49. The Hall–Kier alpha value is -2.21. The van der Waals surface area contributed by atoms with Crippen molar-refractivity contribution in [2.45, 2.75) is 43.7 Å². The molecule has 1 saturated heterocycles. The van der Waals surface area contributed by atoms with E-state index in [4.69, 9.17) is 18.9 Å². The zero-order valence-corrected chi connectivity index (χ0v) is 15.1. The molecule has 3 aliphatic heterocycles. The molecule has 138 valence electrons. The fraction of sp³-hybridized carbons (Fsp3) is 0.550. The highest BCUT2D eigenvalue weighted by molar-refractivity contribution is 5.67. The van der Waals surface area contributed by atoms with E-state index in [0.717, 1.165) is 49.6 Å². The lowest BCUT2D eigenvalue weighted by atomic mass is 9.77. The smallest absolute Gasteiger partial charge is 0.303 e. The predicted molar refractivity (Wildman–Crippen MR) is 93.2 cm³/mol. The van der Waals surface area contributed by atoms with E-state index in [1.165, 1.54) is 18.1 Å². The number of nitrogens with zero attached hydrogens (tertiary/aromatic N) is 1. The number of esters is 1. The molecule has 6 heteroatoms. The van der Waals surface area contributed by atoms with Crippen molar-refractivity contribution < 1.29 is 23.7 Å². The van der Waals surface area contributed by atoms with Gasteiger partial charge in [0, 0.05) is 13.5 Å². The lowest BCUT2D eigenvalue weighted by Gasteiger charge is -2.39. The van der Waals surface area contributed by atoms with Gasteiger partial charge in [0.25, 0.3) is 0 Å². The summed E-state index contributed by atoms with van der Waals surface area (Å²) < 4.78 is 22.7. The third-order valence-electron chi connectivity index (χ3n) is 6.26. The number of benzene rings is 1. The van der Waals surface area contributed by atoms with Gasteiger partial charge in [-0.15, -0.1) is 0 Å². The van der Waals surface area contributed by atoms with Crippen LogP contribution in [0.1, 0.15) is 36.8 Å². The number of hydrogen-bond acceptors (Lipinski definition) is 6. The van der Waals surface area contributed by atoms with Crippen molar-refractivity contribution in [3.8, 4) is 11.5 Å². The zero-order chi connectivity index (χ0) is 17.9. The first-order valence-corrected chi connectivity index (χ1v) is 9.24. The van der Waals surface area contributed by atoms with Gasteiger partial charge in [-0.05, 0) is 55.1 Å². The first-order valence-electron chi connectivity index (χ1n) is 9.24. The summed E-state index contributed by atoms with van der Waals surface area (Å²) in [7, 11) is 1.66. The van der Waals surface area contributed by atoms with E-state index in [-0.39, 0.29) is 24.2 Å². The van der Waals surface area contributed by atoms with E-state index in [9.17, 15) is 4.79 Å². The summed E-state index contributed by atoms with van der Waals surface area (Å²) >= 11 is 0. The molecule has 1 aromatic rings. The highest BCUT2D eigenvalue weighted by atomic mass is 16.7. The normalized spacial score (nSPS) is 31.5. The van der Waals surface area contributed by atoms with Crippen molar-refractivity contribution >= 4 is 5.97 Å². The van der Waals surface area contributed by atoms with Gasteiger partial charge in [-0.2, -0.15) is 0 Å². The van der Waals surface area contributed by atoms with Crippen LogP contribution in [-0.2, 0) is 20.7 Å².